The minimum Gasteiger partial charge on any atom is -0.385 e. The molecule has 0 aromatic carbocycles. The third-order valence-corrected chi connectivity index (χ3v) is 2.09. The third-order valence-electron chi connectivity index (χ3n) is 2.09. The van der Waals surface area contributed by atoms with Gasteiger partial charge in [-0.25, -0.2) is 0 Å². The highest BCUT2D eigenvalue weighted by Crippen LogP contribution is 2.19. The molecule has 70 valence electrons. The third kappa shape index (κ3) is 3.72. The van der Waals surface area contributed by atoms with Gasteiger partial charge in [-0.05, 0) is 12.8 Å². The summed E-state index contributed by atoms with van der Waals surface area (Å²) in [6.45, 7) is 11.6. The Balaban J connectivity index is 4.30. The van der Waals surface area contributed by atoms with Crippen molar-refractivity contribution in [2.45, 2.75) is 33.3 Å². The summed E-state index contributed by atoms with van der Waals surface area (Å²) in [7, 11) is 0. The predicted molar refractivity (Wildman–Crippen MR) is 54.0 cm³/mol. The van der Waals surface area contributed by atoms with Crippen LogP contribution >= 0.6 is 0 Å². The van der Waals surface area contributed by atoms with Crippen LogP contribution in [0.5, 0.6) is 0 Å². The van der Waals surface area contributed by atoms with Gasteiger partial charge in [-0.3, -0.25) is 0 Å². The molecule has 0 rings (SSSR count). The van der Waals surface area contributed by atoms with Crippen LogP contribution in [-0.2, 0) is 0 Å². The van der Waals surface area contributed by atoms with Crippen molar-refractivity contribution in [2.24, 2.45) is 11.8 Å². The van der Waals surface area contributed by atoms with Crippen LogP contribution in [-0.4, -0.2) is 10.7 Å². The van der Waals surface area contributed by atoms with Gasteiger partial charge in [0, 0.05) is 5.92 Å². The number of rotatable bonds is 4. The first-order chi connectivity index (χ1) is 5.40. The Labute approximate surface area is 75.8 Å². The van der Waals surface area contributed by atoms with Crippen LogP contribution in [0.15, 0.2) is 24.8 Å². The molecule has 0 fully saturated rings. The SMILES string of the molecule is C=C[C@@H](C)[C@](C)(O)/C=C/C(C)C. The van der Waals surface area contributed by atoms with Crippen molar-refractivity contribution in [3.63, 3.8) is 0 Å². The van der Waals surface area contributed by atoms with E-state index >= 15 is 0 Å². The van der Waals surface area contributed by atoms with Crippen LogP contribution in [0.1, 0.15) is 27.7 Å². The monoisotopic (exact) mass is 168 g/mol. The number of allylic oxidation sites excluding steroid dienone is 1. The molecule has 0 unspecified atom stereocenters. The van der Waals surface area contributed by atoms with E-state index in [-0.39, 0.29) is 5.92 Å². The zero-order valence-electron chi connectivity index (χ0n) is 8.54. The maximum Gasteiger partial charge on any atom is 0.0859 e. The molecule has 0 aromatic heterocycles. The minimum atomic E-state index is -0.758. The molecule has 0 heterocycles. The first-order valence-corrected chi connectivity index (χ1v) is 4.44. The van der Waals surface area contributed by atoms with Crippen LogP contribution in [0.3, 0.4) is 0 Å². The molecule has 0 radical (unpaired) electrons. The molecule has 2 atom stereocenters. The van der Waals surface area contributed by atoms with Crippen molar-refractivity contribution in [3.8, 4) is 0 Å². The Morgan fingerprint density at radius 1 is 1.33 bits per heavy atom. The zero-order chi connectivity index (χ0) is 9.78. The summed E-state index contributed by atoms with van der Waals surface area (Å²) in [6, 6.07) is 0. The standard InChI is InChI=1S/C11H20O/c1-6-10(4)11(5,12)8-7-9(2)3/h6-10,12H,1H2,2-5H3/b8-7+/t10-,11-/m1/s1. The lowest BCUT2D eigenvalue weighted by Crippen LogP contribution is -2.28. The molecule has 12 heavy (non-hydrogen) atoms. The number of hydrogen-bond donors (Lipinski definition) is 1. The van der Waals surface area contributed by atoms with Crippen molar-refractivity contribution in [3.05, 3.63) is 24.8 Å². The molecule has 1 heteroatoms. The molecule has 0 bridgehead atoms. The average molecular weight is 168 g/mol. The van der Waals surface area contributed by atoms with Gasteiger partial charge in [0.1, 0.15) is 0 Å². The second-order valence-electron chi connectivity index (χ2n) is 3.85. The van der Waals surface area contributed by atoms with E-state index < -0.39 is 5.60 Å². The highest BCUT2D eigenvalue weighted by molar-refractivity contribution is 5.05. The van der Waals surface area contributed by atoms with E-state index in [1.165, 1.54) is 0 Å². The lowest BCUT2D eigenvalue weighted by atomic mass is 9.90. The van der Waals surface area contributed by atoms with Gasteiger partial charge in [0.05, 0.1) is 5.60 Å². The summed E-state index contributed by atoms with van der Waals surface area (Å²) < 4.78 is 0. The molecule has 1 N–H and O–H groups in total. The molecule has 0 amide bonds. The topological polar surface area (TPSA) is 20.2 Å². The van der Waals surface area contributed by atoms with Gasteiger partial charge in [0.15, 0.2) is 0 Å². The van der Waals surface area contributed by atoms with Gasteiger partial charge in [-0.15, -0.1) is 6.58 Å². The Bertz CT molecular complexity index is 166. The molecule has 0 aliphatic rings. The van der Waals surface area contributed by atoms with Gasteiger partial charge in [0.25, 0.3) is 0 Å². The average Bonchev–Trinajstić information content (AvgIpc) is 1.99. The van der Waals surface area contributed by atoms with E-state index in [1.807, 2.05) is 19.1 Å². The van der Waals surface area contributed by atoms with Gasteiger partial charge >= 0.3 is 0 Å². The van der Waals surface area contributed by atoms with Gasteiger partial charge < -0.3 is 5.11 Å². The summed E-state index contributed by atoms with van der Waals surface area (Å²) >= 11 is 0. The molecule has 0 aliphatic carbocycles. The van der Waals surface area contributed by atoms with Crippen LogP contribution in [0.2, 0.25) is 0 Å². The Hall–Kier alpha value is -0.560. The Morgan fingerprint density at radius 3 is 2.17 bits per heavy atom. The van der Waals surface area contributed by atoms with E-state index in [2.05, 4.69) is 20.4 Å². The van der Waals surface area contributed by atoms with Crippen molar-refractivity contribution >= 4 is 0 Å². The molecular formula is C11H20O. The quantitative estimate of drug-likeness (QED) is 0.640. The summed E-state index contributed by atoms with van der Waals surface area (Å²) in [4.78, 5) is 0. The molecule has 1 nitrogen and oxygen atoms in total. The molecule has 0 aromatic rings. The van der Waals surface area contributed by atoms with E-state index in [0.29, 0.717) is 5.92 Å². The van der Waals surface area contributed by atoms with E-state index in [4.69, 9.17) is 0 Å². The fourth-order valence-corrected chi connectivity index (χ4v) is 0.778. The summed E-state index contributed by atoms with van der Waals surface area (Å²) in [5.41, 5.74) is -0.758. The minimum absolute atomic E-state index is 0.0903. The zero-order valence-corrected chi connectivity index (χ0v) is 8.54. The summed E-state index contributed by atoms with van der Waals surface area (Å²) in [5, 5.41) is 9.87. The molecule has 0 saturated heterocycles. The smallest absolute Gasteiger partial charge is 0.0859 e. The number of hydrogen-bond acceptors (Lipinski definition) is 1. The van der Waals surface area contributed by atoms with Crippen molar-refractivity contribution in [1.29, 1.82) is 0 Å². The van der Waals surface area contributed by atoms with E-state index in [0.717, 1.165) is 0 Å². The lowest BCUT2D eigenvalue weighted by molar-refractivity contribution is 0.0741. The van der Waals surface area contributed by atoms with Gasteiger partial charge in [0.2, 0.25) is 0 Å². The maximum absolute atomic E-state index is 9.87. The summed E-state index contributed by atoms with van der Waals surface area (Å²) in [6.07, 6.45) is 5.63. The fraction of sp³-hybridized carbons (Fsp3) is 0.636. The van der Waals surface area contributed by atoms with Crippen LogP contribution in [0.25, 0.3) is 0 Å². The molecular weight excluding hydrogens is 148 g/mol. The normalized spacial score (nSPS) is 19.5. The van der Waals surface area contributed by atoms with E-state index in [1.54, 1.807) is 13.0 Å². The van der Waals surface area contributed by atoms with Crippen LogP contribution in [0, 0.1) is 11.8 Å². The second-order valence-corrected chi connectivity index (χ2v) is 3.85. The van der Waals surface area contributed by atoms with Crippen molar-refractivity contribution in [1.82, 2.24) is 0 Å². The van der Waals surface area contributed by atoms with Gasteiger partial charge in [-0.2, -0.15) is 0 Å². The van der Waals surface area contributed by atoms with Crippen molar-refractivity contribution < 1.29 is 5.11 Å². The van der Waals surface area contributed by atoms with Crippen LogP contribution in [0.4, 0.5) is 0 Å². The first kappa shape index (κ1) is 11.4. The predicted octanol–water partition coefficient (Wildman–Crippen LogP) is 2.77. The molecule has 0 spiro atoms. The molecule has 0 aliphatic heterocycles. The lowest BCUT2D eigenvalue weighted by Gasteiger charge is -2.24. The number of aliphatic hydroxyl groups is 1. The Morgan fingerprint density at radius 2 is 1.83 bits per heavy atom. The largest absolute Gasteiger partial charge is 0.385 e. The highest BCUT2D eigenvalue weighted by atomic mass is 16.3. The van der Waals surface area contributed by atoms with Gasteiger partial charge in [-0.1, -0.05) is 39.0 Å². The second kappa shape index (κ2) is 4.46. The fourth-order valence-electron chi connectivity index (χ4n) is 0.778. The van der Waals surface area contributed by atoms with Crippen LogP contribution < -0.4 is 0 Å². The highest BCUT2D eigenvalue weighted by Gasteiger charge is 2.22. The van der Waals surface area contributed by atoms with E-state index in [9.17, 15) is 5.11 Å². The van der Waals surface area contributed by atoms with Crippen molar-refractivity contribution in [2.75, 3.05) is 0 Å². The molecule has 0 saturated carbocycles. The Kier molecular flexibility index (Phi) is 4.25. The summed E-state index contributed by atoms with van der Waals surface area (Å²) in [5.74, 6) is 0.570. The maximum atomic E-state index is 9.87. The first-order valence-electron chi connectivity index (χ1n) is 4.44.